The Morgan fingerprint density at radius 2 is 1.61 bits per heavy atom. The number of nitrogens with zero attached hydrogens (tertiary/aromatic N) is 3. The molecule has 1 amide bonds. The van der Waals surface area contributed by atoms with E-state index >= 15 is 0 Å². The van der Waals surface area contributed by atoms with Crippen molar-refractivity contribution in [1.29, 1.82) is 0 Å². The number of methoxy groups -OCH3 is 1. The Kier molecular flexibility index (Phi) is 12.3. The minimum atomic E-state index is -1.96. The predicted molar refractivity (Wildman–Crippen MR) is 227 cm³/mol. The Balaban J connectivity index is 1.38. The number of nitrogens with one attached hydrogen (secondary N) is 1. The summed E-state index contributed by atoms with van der Waals surface area (Å²) in [6, 6.07) is 0. The maximum Gasteiger partial charge on any atom is 0.312 e. The van der Waals surface area contributed by atoms with E-state index in [0.29, 0.717) is 31.8 Å². The highest BCUT2D eigenvalue weighted by molar-refractivity contribution is 6.19. The lowest BCUT2D eigenvalue weighted by atomic mass is 9.77. The monoisotopic (exact) mass is 862 g/mol. The quantitative estimate of drug-likeness (QED) is 0.167. The molecular formula is C46H62N4O12. The highest BCUT2D eigenvalue weighted by atomic mass is 16.7. The van der Waals surface area contributed by atoms with Crippen LogP contribution in [0.25, 0.3) is 10.8 Å². The Morgan fingerprint density at radius 3 is 2.24 bits per heavy atom. The standard InChI is InChI=1S/C46H62N4O12/c1-20(2)19-50-15-13-46(14-16-50)48-33-30-31-38(54)26(8)42-32(30)43(56)45(10,62-42)59-17-12-28(58-11)22(4)40(60-27(9)51)24(6)36(52)23(5)37(53)25(7)41-29(61-41)18-21(3)44(57)47-35(39(31)55)34(33)49-46/h12,17-18,20,22-25,28-29,36-37,40-41,52-55H,13-16,19H2,1-11H3,(H,47,57)/b17-12+,21-18-/t22-,23+,24-,25-,28+,29?,36-,37-,40-,41?,45+/m1/s1. The molecule has 11 atom stereocenters. The van der Waals surface area contributed by atoms with Crippen LogP contribution in [0.1, 0.15) is 91.1 Å². The van der Waals surface area contributed by atoms with Gasteiger partial charge in [0.25, 0.3) is 11.7 Å². The van der Waals surface area contributed by atoms with Gasteiger partial charge in [-0.25, -0.2) is 0 Å². The van der Waals surface area contributed by atoms with Crippen molar-refractivity contribution in [3.05, 3.63) is 45.8 Å². The number of epoxide rings is 1. The third-order valence-electron chi connectivity index (χ3n) is 13.6. The predicted octanol–water partition coefficient (Wildman–Crippen LogP) is 3.96. The fourth-order valence-corrected chi connectivity index (χ4v) is 9.84. The summed E-state index contributed by atoms with van der Waals surface area (Å²) < 4.78 is 30.0. The third-order valence-corrected chi connectivity index (χ3v) is 13.6. The van der Waals surface area contributed by atoms with Crippen molar-refractivity contribution >= 4 is 34.1 Å². The number of piperidine rings is 1. The van der Waals surface area contributed by atoms with Gasteiger partial charge >= 0.3 is 11.8 Å². The van der Waals surface area contributed by atoms with Crippen molar-refractivity contribution in [2.45, 2.75) is 130 Å². The van der Waals surface area contributed by atoms with Gasteiger partial charge in [0.1, 0.15) is 34.8 Å². The number of benzene rings is 2. The van der Waals surface area contributed by atoms with Crippen LogP contribution in [0.5, 0.6) is 17.2 Å². The molecule has 2 unspecified atom stereocenters. The highest BCUT2D eigenvalue weighted by Crippen LogP contribution is 2.50. The van der Waals surface area contributed by atoms with Gasteiger partial charge < -0.3 is 54.3 Å². The highest BCUT2D eigenvalue weighted by Gasteiger charge is 2.51. The minimum absolute atomic E-state index is 0.0335. The van der Waals surface area contributed by atoms with Crippen LogP contribution in [0.4, 0.5) is 5.69 Å². The van der Waals surface area contributed by atoms with Crippen LogP contribution >= 0.6 is 0 Å². The maximum atomic E-state index is 14.7. The molecule has 6 heterocycles. The van der Waals surface area contributed by atoms with Crippen molar-refractivity contribution in [3.8, 4) is 17.2 Å². The molecule has 0 saturated carbocycles. The van der Waals surface area contributed by atoms with Crippen LogP contribution in [0.2, 0.25) is 0 Å². The van der Waals surface area contributed by atoms with E-state index in [1.54, 1.807) is 46.8 Å². The number of phenolic OH excluding ortho intramolecular Hbond substituents is 2. The van der Waals surface area contributed by atoms with E-state index in [4.69, 9.17) is 33.7 Å². The number of hydrogen-bond acceptors (Lipinski definition) is 15. The first-order chi connectivity index (χ1) is 29.1. The fraction of sp³-hybridized carbons (Fsp3) is 0.630. The normalized spacial score (nSPS) is 35.0. The average Bonchev–Trinajstić information content (AvgIpc) is 3.81. The molecule has 338 valence electrons. The van der Waals surface area contributed by atoms with E-state index in [1.165, 1.54) is 27.2 Å². The summed E-state index contributed by atoms with van der Waals surface area (Å²) in [6.45, 7) is 19.5. The zero-order valence-corrected chi connectivity index (χ0v) is 37.5. The van der Waals surface area contributed by atoms with Gasteiger partial charge in [0.05, 0.1) is 47.0 Å². The van der Waals surface area contributed by atoms with Crippen LogP contribution in [0.3, 0.4) is 0 Å². The molecule has 0 aromatic heterocycles. The topological polar surface area (TPSA) is 222 Å². The molecule has 2 aromatic carbocycles. The number of rotatable bonds is 4. The number of carbonyl (C=O) groups is 3. The molecule has 6 aliphatic heterocycles. The van der Waals surface area contributed by atoms with Gasteiger partial charge in [0, 0.05) is 93.6 Å². The smallest absolute Gasteiger partial charge is 0.312 e. The lowest BCUT2D eigenvalue weighted by molar-refractivity contribution is -0.160. The Morgan fingerprint density at radius 1 is 0.968 bits per heavy atom. The number of ether oxygens (including phenoxy) is 5. The molecule has 2 fully saturated rings. The molecule has 5 N–H and O–H groups in total. The minimum Gasteiger partial charge on any atom is -0.507 e. The third kappa shape index (κ3) is 7.97. The summed E-state index contributed by atoms with van der Waals surface area (Å²) in [5.74, 6) is -6.51. The fourth-order valence-electron chi connectivity index (χ4n) is 9.84. The van der Waals surface area contributed by atoms with E-state index in [2.05, 4.69) is 24.1 Å². The number of amides is 1. The summed E-state index contributed by atoms with van der Waals surface area (Å²) in [4.78, 5) is 53.9. The van der Waals surface area contributed by atoms with E-state index in [0.717, 1.165) is 6.54 Å². The lowest BCUT2D eigenvalue weighted by Gasteiger charge is -2.38. The summed E-state index contributed by atoms with van der Waals surface area (Å²) in [6.07, 6.45) is 0.685. The van der Waals surface area contributed by atoms with Gasteiger partial charge in [-0.3, -0.25) is 24.4 Å². The van der Waals surface area contributed by atoms with Crippen molar-refractivity contribution in [3.63, 3.8) is 0 Å². The summed E-state index contributed by atoms with van der Waals surface area (Å²) >= 11 is 0. The molecule has 16 heteroatoms. The second kappa shape index (κ2) is 16.8. The number of ketones is 1. The van der Waals surface area contributed by atoms with Crippen LogP contribution in [0.15, 0.2) is 34.0 Å². The van der Waals surface area contributed by atoms with Gasteiger partial charge in [0.15, 0.2) is 11.4 Å². The number of esters is 1. The molecule has 16 nitrogen and oxygen atoms in total. The van der Waals surface area contributed by atoms with E-state index in [1.807, 2.05) is 6.92 Å². The maximum absolute atomic E-state index is 14.7. The first-order valence-electron chi connectivity index (χ1n) is 21.7. The number of likely N-dealkylation sites (tertiary alicyclic amines) is 1. The molecule has 6 aliphatic rings. The zero-order valence-electron chi connectivity index (χ0n) is 37.5. The van der Waals surface area contributed by atoms with Crippen molar-refractivity contribution in [2.24, 2.45) is 39.6 Å². The molecule has 1 spiro atoms. The number of phenols is 2. The molecule has 5 bridgehead atoms. The van der Waals surface area contributed by atoms with Gasteiger partial charge in [0.2, 0.25) is 0 Å². The van der Waals surface area contributed by atoms with E-state index < -0.39 is 95.2 Å². The SMILES string of the molecule is CO[C@H]1/C=C/O[C@@]2(C)Oc3c(C)c(O)c4c(O)c(c5c(c4c3C2=O)=NC2(CCN(CC(C)C)CC2)N=5)NC(=O)/C(C)=C\C2OC2[C@H](C)[C@H](O)[C@@H](C)[C@@H](O)[C@@H](C)[C@H](OC(C)=O)[C@@H]1C. The zero-order chi connectivity index (χ0) is 45.3. The molecule has 0 radical (unpaired) electrons. The van der Waals surface area contributed by atoms with Crippen molar-refractivity contribution in [1.82, 2.24) is 4.90 Å². The average molecular weight is 863 g/mol. The van der Waals surface area contributed by atoms with Gasteiger partial charge in [-0.2, -0.15) is 0 Å². The summed E-state index contributed by atoms with van der Waals surface area (Å²) in [7, 11) is 1.47. The second-order valence-corrected chi connectivity index (χ2v) is 18.6. The molecule has 8 rings (SSSR count). The van der Waals surface area contributed by atoms with E-state index in [-0.39, 0.29) is 55.4 Å². The summed E-state index contributed by atoms with van der Waals surface area (Å²) in [5, 5.41) is 50.5. The number of aromatic hydroxyl groups is 2. The number of anilines is 1. The first kappa shape index (κ1) is 45.4. The van der Waals surface area contributed by atoms with Gasteiger partial charge in [-0.15, -0.1) is 0 Å². The Bertz CT molecular complexity index is 2340. The number of aliphatic hydroxyl groups excluding tert-OH is 2. The number of Topliss-reactive ketones (excluding diaryl/α,β-unsaturated/α-hetero) is 1. The number of fused-ring (bicyclic) bond motifs is 11. The molecule has 2 saturated heterocycles. The molecule has 62 heavy (non-hydrogen) atoms. The van der Waals surface area contributed by atoms with E-state index in [9.17, 15) is 34.8 Å². The molecule has 0 aliphatic carbocycles. The van der Waals surface area contributed by atoms with Crippen LogP contribution in [-0.2, 0) is 28.5 Å². The molecule has 2 aromatic rings. The lowest BCUT2D eigenvalue weighted by Crippen LogP contribution is -2.47. The van der Waals surface area contributed by atoms with Crippen molar-refractivity contribution in [2.75, 3.05) is 32.1 Å². The number of aliphatic hydroxyl groups is 2. The first-order valence-corrected chi connectivity index (χ1v) is 21.7. The largest absolute Gasteiger partial charge is 0.507 e. The van der Waals surface area contributed by atoms with Crippen LogP contribution < -0.4 is 20.8 Å². The second-order valence-electron chi connectivity index (χ2n) is 18.6. The summed E-state index contributed by atoms with van der Waals surface area (Å²) in [5.41, 5.74) is -0.590. The van der Waals surface area contributed by atoms with Crippen LogP contribution in [0, 0.1) is 36.5 Å². The Labute approximate surface area is 361 Å². The number of hydrogen-bond donors (Lipinski definition) is 5. The van der Waals surface area contributed by atoms with Crippen molar-refractivity contribution < 1.29 is 58.5 Å². The van der Waals surface area contributed by atoms with Gasteiger partial charge in [-0.1, -0.05) is 41.5 Å². The number of carbonyl (C=O) groups excluding carboxylic acids is 3. The Hall–Kier alpha value is -4.61. The molecular weight excluding hydrogens is 801 g/mol. The van der Waals surface area contributed by atoms with Crippen LogP contribution in [-0.4, -0.2) is 118 Å². The van der Waals surface area contributed by atoms with Gasteiger partial charge in [-0.05, 0) is 31.9 Å².